The number of halogens is 2. The van der Waals surface area contributed by atoms with Crippen molar-refractivity contribution in [3.63, 3.8) is 0 Å². The number of hydrogen-bond donors (Lipinski definition) is 2. The Morgan fingerprint density at radius 2 is 1.78 bits per heavy atom. The summed E-state index contributed by atoms with van der Waals surface area (Å²) in [6, 6.07) is 12.1. The Kier molecular flexibility index (Phi) is 8.46. The minimum atomic E-state index is -1.72. The Morgan fingerprint density at radius 1 is 1.08 bits per heavy atom. The monoisotopic (exact) mass is 547 g/mol. The van der Waals surface area contributed by atoms with Crippen LogP contribution in [-0.4, -0.2) is 46.1 Å². The molecule has 2 heterocycles. The molecule has 186 valence electrons. The lowest BCUT2D eigenvalue weighted by atomic mass is 10.0. The van der Waals surface area contributed by atoms with Crippen LogP contribution in [-0.2, 0) is 11.0 Å². The van der Waals surface area contributed by atoms with Gasteiger partial charge < -0.3 is 15.6 Å². The largest absolute Gasteiger partial charge is 0.481 e. The van der Waals surface area contributed by atoms with Gasteiger partial charge in [-0.05, 0) is 48.0 Å². The van der Waals surface area contributed by atoms with Crippen molar-refractivity contribution < 1.29 is 28.4 Å². The Morgan fingerprint density at radius 3 is 2.33 bits per heavy atom. The number of fused-ring (bicyclic) bond motifs is 1. The Balaban J connectivity index is 0.000000275. The molecule has 0 saturated carbocycles. The maximum atomic E-state index is 12.8. The molecule has 0 spiro atoms. The third kappa shape index (κ3) is 5.91. The van der Waals surface area contributed by atoms with Crippen LogP contribution in [0.15, 0.2) is 59.6 Å². The van der Waals surface area contributed by atoms with Crippen LogP contribution in [0.25, 0.3) is 6.08 Å². The van der Waals surface area contributed by atoms with Gasteiger partial charge in [-0.2, -0.15) is 0 Å². The highest BCUT2D eigenvalue weighted by Gasteiger charge is 2.32. The molecule has 2 aromatic carbocycles. The van der Waals surface area contributed by atoms with E-state index in [9.17, 15) is 18.6 Å². The number of carboxylic acid groups (broad SMARTS) is 1. The van der Waals surface area contributed by atoms with E-state index in [0.717, 1.165) is 0 Å². The van der Waals surface area contributed by atoms with Gasteiger partial charge in [0, 0.05) is 24.9 Å². The van der Waals surface area contributed by atoms with Crippen LogP contribution in [0.3, 0.4) is 0 Å². The number of allylic oxidation sites excluding steroid dienone is 1. The van der Waals surface area contributed by atoms with E-state index in [-0.39, 0.29) is 16.0 Å². The zero-order valence-corrected chi connectivity index (χ0v) is 21.2. The number of carboxylic acids is 1. The third-order valence-corrected chi connectivity index (χ3v) is 7.07. The van der Waals surface area contributed by atoms with E-state index in [1.807, 2.05) is 0 Å². The molecule has 3 aromatic rings. The lowest BCUT2D eigenvalue weighted by Gasteiger charge is -2.27. The van der Waals surface area contributed by atoms with Gasteiger partial charge in [0.15, 0.2) is 11.0 Å². The lowest BCUT2D eigenvalue weighted by molar-refractivity contribution is 0.0696. The fraction of sp³-hybridized carbons (Fsp3) is 0.0833. The second kappa shape index (κ2) is 11.3. The van der Waals surface area contributed by atoms with Gasteiger partial charge in [0.05, 0.1) is 34.0 Å². The molecular weight excluding hydrogens is 529 g/mol. The number of aromatic carboxylic acids is 1. The summed E-state index contributed by atoms with van der Waals surface area (Å²) >= 11 is 11.8. The molecule has 1 aromatic heterocycles. The maximum Gasteiger partial charge on any atom is 0.335 e. The van der Waals surface area contributed by atoms with Gasteiger partial charge in [-0.15, -0.1) is 0 Å². The second-order valence-corrected chi connectivity index (χ2v) is 9.55. The molecule has 0 saturated heterocycles. The number of aromatic nitrogens is 1. The molecule has 0 fully saturated rings. The zero-order chi connectivity index (χ0) is 26.6. The molecule has 0 radical (unpaired) electrons. The van der Waals surface area contributed by atoms with Gasteiger partial charge in [0.2, 0.25) is 17.6 Å². The summed E-state index contributed by atoms with van der Waals surface area (Å²) in [6.45, 7) is 0. The van der Waals surface area contributed by atoms with Crippen LogP contribution in [0.4, 0.5) is 5.69 Å². The highest BCUT2D eigenvalue weighted by molar-refractivity contribution is 7.91. The van der Waals surface area contributed by atoms with E-state index >= 15 is 0 Å². The fourth-order valence-corrected chi connectivity index (χ4v) is 4.54. The SMILES string of the molecule is CN1c2ccc(C(=O)O)cc2C(=O)/C(=C/c2ccc(Cl)c(Cl)c2)S1=O.COc1ccc(C(N)=O)cn1. The van der Waals surface area contributed by atoms with E-state index in [1.165, 1.54) is 41.9 Å². The lowest BCUT2D eigenvalue weighted by Crippen LogP contribution is -2.31. The third-order valence-electron chi connectivity index (χ3n) is 4.96. The van der Waals surface area contributed by atoms with E-state index < -0.39 is 28.6 Å². The molecule has 1 amide bonds. The van der Waals surface area contributed by atoms with Crippen LogP contribution >= 0.6 is 23.2 Å². The molecule has 3 N–H and O–H groups in total. The average molecular weight is 548 g/mol. The fourth-order valence-electron chi connectivity index (χ4n) is 3.09. The Labute approximate surface area is 218 Å². The normalized spacial score (nSPS) is 15.6. The molecule has 9 nitrogen and oxygen atoms in total. The molecule has 1 atom stereocenters. The van der Waals surface area contributed by atoms with Crippen molar-refractivity contribution in [1.82, 2.24) is 4.98 Å². The number of methoxy groups -OCH3 is 1. The van der Waals surface area contributed by atoms with Crippen molar-refractivity contribution in [3.05, 3.63) is 91.9 Å². The molecule has 1 unspecified atom stereocenters. The zero-order valence-electron chi connectivity index (χ0n) is 18.9. The summed E-state index contributed by atoms with van der Waals surface area (Å²) in [5.41, 5.74) is 6.53. The predicted octanol–water partition coefficient (Wildman–Crippen LogP) is 4.22. The van der Waals surface area contributed by atoms with Crippen molar-refractivity contribution >= 4 is 63.6 Å². The number of nitrogens with two attached hydrogens (primary N) is 1. The van der Waals surface area contributed by atoms with Gasteiger partial charge in [-0.1, -0.05) is 29.3 Å². The number of pyridine rings is 1. The molecule has 1 aliphatic heterocycles. The summed E-state index contributed by atoms with van der Waals surface area (Å²) in [5, 5.41) is 9.80. The van der Waals surface area contributed by atoms with Crippen molar-refractivity contribution in [2.45, 2.75) is 0 Å². The van der Waals surface area contributed by atoms with Gasteiger partial charge in [0.1, 0.15) is 4.91 Å². The Bertz CT molecular complexity index is 1410. The van der Waals surface area contributed by atoms with Gasteiger partial charge in [-0.3, -0.25) is 13.9 Å². The summed E-state index contributed by atoms with van der Waals surface area (Å²) < 4.78 is 18.9. The summed E-state index contributed by atoms with van der Waals surface area (Å²) in [6.07, 6.45) is 2.84. The van der Waals surface area contributed by atoms with Crippen molar-refractivity contribution in [3.8, 4) is 5.88 Å². The van der Waals surface area contributed by atoms with E-state index in [0.29, 0.717) is 32.7 Å². The number of carbonyl (C=O) groups is 3. The Hall–Kier alpha value is -3.73. The first-order chi connectivity index (χ1) is 17.0. The van der Waals surface area contributed by atoms with Crippen molar-refractivity contribution in [2.24, 2.45) is 5.73 Å². The molecule has 0 bridgehead atoms. The topological polar surface area (TPSA) is 140 Å². The van der Waals surface area contributed by atoms with Crippen molar-refractivity contribution in [2.75, 3.05) is 18.5 Å². The molecule has 12 heteroatoms. The highest BCUT2D eigenvalue weighted by Crippen LogP contribution is 2.34. The first-order valence-electron chi connectivity index (χ1n) is 10.1. The number of ether oxygens (including phenoxy) is 1. The number of primary amides is 1. The number of anilines is 1. The average Bonchev–Trinajstić information content (AvgIpc) is 2.87. The first-order valence-corrected chi connectivity index (χ1v) is 11.9. The van der Waals surface area contributed by atoms with Crippen LogP contribution in [0.2, 0.25) is 10.0 Å². The van der Waals surface area contributed by atoms with Gasteiger partial charge >= 0.3 is 5.97 Å². The highest BCUT2D eigenvalue weighted by atomic mass is 35.5. The van der Waals surface area contributed by atoms with Crippen LogP contribution < -0.4 is 14.8 Å². The van der Waals surface area contributed by atoms with Gasteiger partial charge in [0.25, 0.3) is 0 Å². The van der Waals surface area contributed by atoms with E-state index in [1.54, 1.807) is 37.4 Å². The predicted molar refractivity (Wildman–Crippen MR) is 138 cm³/mol. The molecule has 1 aliphatic rings. The van der Waals surface area contributed by atoms with Gasteiger partial charge in [-0.25, -0.2) is 14.0 Å². The number of amides is 1. The number of Topliss-reactive ketones (excluding diaryl/α,β-unsaturated/α-hetero) is 1. The molecule has 0 aliphatic carbocycles. The molecular formula is C24H19Cl2N3O6S. The standard InChI is InChI=1S/C17H11Cl2NO4S.C7H8N2O2/c1-20-14-5-3-10(17(22)23)8-11(14)16(21)15(25(20)24)7-9-2-4-12(18)13(19)6-9;1-11-6-3-2-5(4-9-6)7(8)10/h2-8H,1H3,(H,22,23);2-4H,1H3,(H2,8,10)/b15-7-;. The minimum absolute atomic E-state index is 0.0120. The second-order valence-electron chi connectivity index (χ2n) is 7.25. The summed E-state index contributed by atoms with van der Waals surface area (Å²) in [5.74, 6) is -1.64. The number of carbonyl (C=O) groups excluding carboxylic acids is 2. The van der Waals surface area contributed by atoms with Crippen molar-refractivity contribution in [1.29, 1.82) is 0 Å². The number of ketones is 1. The number of rotatable bonds is 4. The number of benzene rings is 2. The minimum Gasteiger partial charge on any atom is -0.481 e. The van der Waals surface area contributed by atoms with Crippen LogP contribution in [0, 0.1) is 0 Å². The van der Waals surface area contributed by atoms with Crippen LogP contribution in [0.1, 0.15) is 36.6 Å². The maximum absolute atomic E-state index is 12.8. The summed E-state index contributed by atoms with van der Waals surface area (Å²) in [7, 11) is 1.36. The number of hydrogen-bond acceptors (Lipinski definition) is 6. The van der Waals surface area contributed by atoms with Crippen LogP contribution in [0.5, 0.6) is 5.88 Å². The molecule has 4 rings (SSSR count). The molecule has 36 heavy (non-hydrogen) atoms. The quantitative estimate of drug-likeness (QED) is 0.466. The summed E-state index contributed by atoms with van der Waals surface area (Å²) in [4.78, 5) is 38.3. The van der Waals surface area contributed by atoms with E-state index in [2.05, 4.69) is 4.98 Å². The van der Waals surface area contributed by atoms with E-state index in [4.69, 9.17) is 38.8 Å². The smallest absolute Gasteiger partial charge is 0.335 e. The number of nitrogens with zero attached hydrogens (tertiary/aromatic N) is 2. The first kappa shape index (κ1) is 26.9.